The van der Waals surface area contributed by atoms with Crippen LogP contribution in [0.1, 0.15) is 6.42 Å². The molecule has 1 aromatic carbocycles. The molecule has 106 valence electrons. The summed E-state index contributed by atoms with van der Waals surface area (Å²) in [5, 5.41) is 3.35. The number of likely N-dealkylation sites (tertiary alicyclic amines) is 1. The summed E-state index contributed by atoms with van der Waals surface area (Å²) in [4.78, 5) is 2.87. The molecule has 1 aromatic rings. The highest BCUT2D eigenvalue weighted by molar-refractivity contribution is 7.99. The largest absolute Gasteiger partial charge is 0.398 e. The Morgan fingerprint density at radius 3 is 2.74 bits per heavy atom. The first-order valence-electron chi connectivity index (χ1n) is 6.18. The number of benzene rings is 1. The number of hydrogen-bond donors (Lipinski definition) is 1. The summed E-state index contributed by atoms with van der Waals surface area (Å²) < 4.78 is 36.8. The van der Waals surface area contributed by atoms with Crippen LogP contribution in [0.2, 0.25) is 0 Å². The van der Waals surface area contributed by atoms with E-state index in [0.717, 1.165) is 37.0 Å². The van der Waals surface area contributed by atoms with Crippen molar-refractivity contribution < 1.29 is 13.2 Å². The monoisotopic (exact) mass is 290 g/mol. The topological polar surface area (TPSA) is 15.3 Å². The van der Waals surface area contributed by atoms with Gasteiger partial charge in [-0.15, -0.1) is 11.8 Å². The van der Waals surface area contributed by atoms with Crippen LogP contribution in [0.15, 0.2) is 29.2 Å². The van der Waals surface area contributed by atoms with Gasteiger partial charge in [0.15, 0.2) is 0 Å². The maximum absolute atomic E-state index is 12.3. The van der Waals surface area contributed by atoms with E-state index in [1.54, 1.807) is 12.1 Å². The molecule has 1 atom stereocenters. The molecule has 2 rings (SSSR count). The summed E-state index contributed by atoms with van der Waals surface area (Å²) in [5.74, 6) is -0.851. The third-order valence-electron chi connectivity index (χ3n) is 3.03. The molecule has 0 amide bonds. The number of halogens is 3. The number of para-hydroxylation sites is 1. The van der Waals surface area contributed by atoms with Crippen LogP contribution in [0.25, 0.3) is 0 Å². The van der Waals surface area contributed by atoms with Gasteiger partial charge in [-0.3, -0.25) is 0 Å². The SMILES string of the molecule is CN1CCC(Nc2ccccc2SCC(F)(F)F)C1. The Labute approximate surface area is 115 Å². The van der Waals surface area contributed by atoms with E-state index in [-0.39, 0.29) is 0 Å². The Kier molecular flexibility index (Phi) is 4.62. The number of nitrogens with one attached hydrogen (secondary N) is 1. The van der Waals surface area contributed by atoms with Crippen LogP contribution in [0.5, 0.6) is 0 Å². The lowest BCUT2D eigenvalue weighted by molar-refractivity contribution is -0.105. The zero-order valence-corrected chi connectivity index (χ0v) is 11.5. The third kappa shape index (κ3) is 4.62. The van der Waals surface area contributed by atoms with E-state index < -0.39 is 11.9 Å². The van der Waals surface area contributed by atoms with E-state index >= 15 is 0 Å². The first-order chi connectivity index (χ1) is 8.94. The highest BCUT2D eigenvalue weighted by Gasteiger charge is 2.28. The summed E-state index contributed by atoms with van der Waals surface area (Å²) in [7, 11) is 2.05. The van der Waals surface area contributed by atoms with Crippen LogP contribution in [0.3, 0.4) is 0 Å². The van der Waals surface area contributed by atoms with E-state index in [1.165, 1.54) is 0 Å². The average Bonchev–Trinajstić information content (AvgIpc) is 2.73. The molecule has 0 aliphatic carbocycles. The van der Waals surface area contributed by atoms with Crippen molar-refractivity contribution in [3.8, 4) is 0 Å². The maximum Gasteiger partial charge on any atom is 0.398 e. The standard InChI is InChI=1S/C13H17F3N2S/c1-18-7-6-10(8-18)17-11-4-2-3-5-12(11)19-9-13(14,15)16/h2-5,10,17H,6-9H2,1H3. The third-order valence-corrected chi connectivity index (χ3v) is 4.17. The molecule has 2 nitrogen and oxygen atoms in total. The lowest BCUT2D eigenvalue weighted by atomic mass is 10.2. The van der Waals surface area contributed by atoms with Gasteiger partial charge in [-0.1, -0.05) is 12.1 Å². The summed E-state index contributed by atoms with van der Waals surface area (Å²) in [6.45, 7) is 1.95. The zero-order chi connectivity index (χ0) is 13.9. The summed E-state index contributed by atoms with van der Waals surface area (Å²) in [6.07, 6.45) is -3.11. The molecule has 0 bridgehead atoms. The van der Waals surface area contributed by atoms with Gasteiger partial charge in [-0.25, -0.2) is 0 Å². The van der Waals surface area contributed by atoms with E-state index in [0.29, 0.717) is 10.9 Å². The minimum atomic E-state index is -4.13. The molecule has 0 spiro atoms. The smallest absolute Gasteiger partial charge is 0.380 e. The Hall–Kier alpha value is -0.880. The van der Waals surface area contributed by atoms with Crippen molar-refractivity contribution in [2.75, 3.05) is 31.2 Å². The van der Waals surface area contributed by atoms with E-state index in [1.807, 2.05) is 19.2 Å². The highest BCUT2D eigenvalue weighted by atomic mass is 32.2. The van der Waals surface area contributed by atoms with Gasteiger partial charge in [0.1, 0.15) is 0 Å². The molecule has 1 N–H and O–H groups in total. The number of alkyl halides is 3. The normalized spacial score (nSPS) is 20.7. The van der Waals surface area contributed by atoms with E-state index in [4.69, 9.17) is 0 Å². The molecule has 1 aliphatic rings. The second kappa shape index (κ2) is 6.05. The van der Waals surface area contributed by atoms with Gasteiger partial charge in [0.05, 0.1) is 5.75 Å². The lowest BCUT2D eigenvalue weighted by Crippen LogP contribution is -2.23. The Morgan fingerprint density at radius 2 is 2.11 bits per heavy atom. The molecule has 6 heteroatoms. The van der Waals surface area contributed by atoms with Gasteiger partial charge in [-0.05, 0) is 32.1 Å². The van der Waals surface area contributed by atoms with Crippen molar-refractivity contribution in [3.63, 3.8) is 0 Å². The van der Waals surface area contributed by atoms with Gasteiger partial charge < -0.3 is 10.2 Å². The minimum Gasteiger partial charge on any atom is -0.380 e. The predicted molar refractivity (Wildman–Crippen MR) is 72.7 cm³/mol. The molecular weight excluding hydrogens is 273 g/mol. The summed E-state index contributed by atoms with van der Waals surface area (Å²) in [5.41, 5.74) is 0.803. The molecule has 1 heterocycles. The van der Waals surface area contributed by atoms with Gasteiger partial charge >= 0.3 is 6.18 Å². The molecule has 1 aliphatic heterocycles. The van der Waals surface area contributed by atoms with Crippen LogP contribution >= 0.6 is 11.8 Å². The predicted octanol–water partition coefficient (Wildman–Crippen LogP) is 3.46. The highest BCUT2D eigenvalue weighted by Crippen LogP contribution is 2.32. The van der Waals surface area contributed by atoms with Crippen molar-refractivity contribution in [1.82, 2.24) is 4.90 Å². The second-order valence-corrected chi connectivity index (χ2v) is 5.81. The lowest BCUT2D eigenvalue weighted by Gasteiger charge is -2.17. The fourth-order valence-electron chi connectivity index (χ4n) is 2.14. The number of nitrogens with zero attached hydrogens (tertiary/aromatic N) is 1. The number of anilines is 1. The molecule has 1 unspecified atom stereocenters. The van der Waals surface area contributed by atoms with Crippen molar-refractivity contribution >= 4 is 17.4 Å². The number of likely N-dealkylation sites (N-methyl/N-ethyl adjacent to an activating group) is 1. The van der Waals surface area contributed by atoms with Crippen molar-refractivity contribution in [1.29, 1.82) is 0 Å². The van der Waals surface area contributed by atoms with E-state index in [9.17, 15) is 13.2 Å². The molecule has 1 fully saturated rings. The summed E-state index contributed by atoms with van der Waals surface area (Å²) >= 11 is 0.837. The first kappa shape index (κ1) is 14.5. The molecule has 0 aromatic heterocycles. The molecule has 1 saturated heterocycles. The second-order valence-electron chi connectivity index (χ2n) is 4.79. The van der Waals surface area contributed by atoms with Crippen molar-refractivity contribution in [3.05, 3.63) is 24.3 Å². The van der Waals surface area contributed by atoms with Gasteiger partial charge in [0, 0.05) is 23.2 Å². The van der Waals surface area contributed by atoms with Crippen LogP contribution < -0.4 is 5.32 Å². The fraction of sp³-hybridized carbons (Fsp3) is 0.538. The first-order valence-corrected chi connectivity index (χ1v) is 7.16. The van der Waals surface area contributed by atoms with Crippen LogP contribution in [-0.2, 0) is 0 Å². The molecule has 0 radical (unpaired) electrons. The average molecular weight is 290 g/mol. The quantitative estimate of drug-likeness (QED) is 0.855. The zero-order valence-electron chi connectivity index (χ0n) is 10.7. The summed E-state index contributed by atoms with van der Waals surface area (Å²) in [6, 6.07) is 7.51. The Bertz CT molecular complexity index is 423. The number of thioether (sulfide) groups is 1. The Morgan fingerprint density at radius 1 is 1.37 bits per heavy atom. The Balaban J connectivity index is 1.99. The minimum absolute atomic E-state index is 0.317. The van der Waals surface area contributed by atoms with Gasteiger partial charge in [0.2, 0.25) is 0 Å². The van der Waals surface area contributed by atoms with Gasteiger partial charge in [-0.2, -0.15) is 13.2 Å². The van der Waals surface area contributed by atoms with Crippen LogP contribution in [-0.4, -0.2) is 43.0 Å². The molecule has 19 heavy (non-hydrogen) atoms. The molecule has 0 saturated carbocycles. The van der Waals surface area contributed by atoms with E-state index in [2.05, 4.69) is 10.2 Å². The van der Waals surface area contributed by atoms with Gasteiger partial charge in [0.25, 0.3) is 0 Å². The number of hydrogen-bond acceptors (Lipinski definition) is 3. The van der Waals surface area contributed by atoms with Crippen molar-refractivity contribution in [2.24, 2.45) is 0 Å². The molecular formula is C13H17F3N2S. The maximum atomic E-state index is 12.3. The number of rotatable bonds is 4. The van der Waals surface area contributed by atoms with Crippen LogP contribution in [0, 0.1) is 0 Å². The van der Waals surface area contributed by atoms with Crippen LogP contribution in [0.4, 0.5) is 18.9 Å². The van der Waals surface area contributed by atoms with Crippen molar-refractivity contribution in [2.45, 2.75) is 23.5 Å². The fourth-order valence-corrected chi connectivity index (χ4v) is 2.92.